The minimum absolute atomic E-state index is 0.0488. The largest absolute Gasteiger partial charge is 0.444 e. The highest BCUT2D eigenvalue weighted by Crippen LogP contribution is 2.35. The molecule has 0 saturated heterocycles. The molecule has 1 unspecified atom stereocenters. The maximum absolute atomic E-state index is 13.0. The van der Waals surface area contributed by atoms with E-state index in [4.69, 9.17) is 25.5 Å². The first-order chi connectivity index (χ1) is 49.9. The van der Waals surface area contributed by atoms with Crippen molar-refractivity contribution in [3.05, 3.63) is 173 Å². The quantitative estimate of drug-likeness (QED) is 0.0811. The van der Waals surface area contributed by atoms with Crippen LogP contribution in [0.5, 0.6) is 0 Å². The highest BCUT2D eigenvalue weighted by molar-refractivity contribution is 7.84. The first-order valence-electron chi connectivity index (χ1n) is 35.5. The lowest BCUT2D eigenvalue weighted by atomic mass is 9.99. The number of pyridine rings is 3. The molecule has 104 heavy (non-hydrogen) atoms. The zero-order valence-corrected chi connectivity index (χ0v) is 60.6. The molecule has 5 N–H and O–H groups in total. The second-order valence-electron chi connectivity index (χ2n) is 29.2. The fourth-order valence-electron chi connectivity index (χ4n) is 14.3. The van der Waals surface area contributed by atoms with E-state index in [1.54, 1.807) is 48.0 Å². The fraction of sp³-hybridized carbons (Fsp3) is 0.429. The van der Waals surface area contributed by atoms with Crippen LogP contribution in [0.1, 0.15) is 187 Å². The molecule has 2 amide bonds. The van der Waals surface area contributed by atoms with Crippen LogP contribution in [0.15, 0.2) is 111 Å². The zero-order valence-electron chi connectivity index (χ0n) is 59.8. The number of carbonyl (C=O) groups is 2. The summed E-state index contributed by atoms with van der Waals surface area (Å²) in [7, 11) is -1.31. The van der Waals surface area contributed by atoms with Gasteiger partial charge in [0.2, 0.25) is 17.1 Å². The van der Waals surface area contributed by atoms with Crippen molar-refractivity contribution in [1.82, 2.24) is 58.7 Å². The van der Waals surface area contributed by atoms with Gasteiger partial charge < -0.3 is 41.0 Å². The van der Waals surface area contributed by atoms with Gasteiger partial charge in [-0.1, -0.05) is 56.7 Å². The second kappa shape index (κ2) is 31.3. The predicted molar refractivity (Wildman–Crippen MR) is 397 cm³/mol. The highest BCUT2D eigenvalue weighted by Gasteiger charge is 2.30. The van der Waals surface area contributed by atoms with Gasteiger partial charge in [0.1, 0.15) is 63.0 Å². The smallest absolute Gasteiger partial charge is 0.410 e. The predicted octanol–water partition coefficient (Wildman–Crippen LogP) is 12.1. The van der Waals surface area contributed by atoms with Crippen LogP contribution in [0.25, 0.3) is 33.1 Å². The average Bonchev–Trinajstić information content (AvgIpc) is 1.10. The fourth-order valence-corrected chi connectivity index (χ4v) is 14.7. The zero-order chi connectivity index (χ0) is 73.6. The van der Waals surface area contributed by atoms with E-state index in [1.807, 2.05) is 96.1 Å². The van der Waals surface area contributed by atoms with Gasteiger partial charge in [0.05, 0.1) is 10.8 Å². The molecule has 6 aliphatic rings. The number of ether oxygens (including phenoxy) is 2. The van der Waals surface area contributed by atoms with Crippen LogP contribution in [0.3, 0.4) is 0 Å². The molecule has 27 heteroatoms. The molecule has 538 valence electrons. The molecule has 9 heterocycles. The molecule has 3 aliphatic carbocycles. The monoisotopic (exact) mass is 1420 g/mol. The lowest BCUT2D eigenvalue weighted by molar-refractivity contribution is 0.0214. The number of hydrogen-bond acceptors (Lipinski definition) is 21. The molecule has 3 aliphatic heterocycles. The molecule has 0 spiro atoms. The van der Waals surface area contributed by atoms with Gasteiger partial charge in [-0.05, 0) is 194 Å². The van der Waals surface area contributed by atoms with Crippen LogP contribution in [0.4, 0.5) is 38.5 Å². The average molecular weight is 1420 g/mol. The van der Waals surface area contributed by atoms with Gasteiger partial charge in [-0.2, -0.15) is 25.8 Å². The molecule has 6 aromatic heterocycles. The van der Waals surface area contributed by atoms with Crippen LogP contribution in [-0.4, -0.2) is 107 Å². The third-order valence-electron chi connectivity index (χ3n) is 19.4. The standard InChI is InChI=1S/C27H30N6O3.C22H22N6O.C14H14N4O2S.C14H20N2O2/c1-27(2,3)36-26(35)32-11-10-17-13-21(9-8-18(17)16-32)30-25-29-15-20-12-19(14-28)24(34)33(23(20)31-25)22-6-4-5-7-22;23-11-16-9-17-13-25-22(26-18-6-5-15-12-24-8-7-14(15)10-18)27-20(17)28(21(16)29)19-3-1-2-4-19;1-21(20)14-16-8-10-6-9(7-15)13(19)18(12(10)17-14)11-4-2-3-5-11;1-14(2,3)18-13(17)16-7-6-10-8-12(15)5-4-11(10)9-16/h8-9,12-13,15,22H,4-7,10-11,16H2,1-3H3,(H,29,30,31);5-6,9-10,13,19,24H,1-4,7-8,12H2,(H,25,26,27);6,8,11H,2-5H2,1H3;4-5,8H,6-7,9,15H2,1-3H3. The molecule has 26 nitrogen and oxygen atoms in total. The minimum atomic E-state index is -1.31. The summed E-state index contributed by atoms with van der Waals surface area (Å²) in [5, 5.41) is 40.1. The van der Waals surface area contributed by atoms with Gasteiger partial charge in [0, 0.05) is 109 Å². The van der Waals surface area contributed by atoms with E-state index in [1.165, 1.54) is 35.2 Å². The Kier molecular flexibility index (Phi) is 21.9. The van der Waals surface area contributed by atoms with Crippen LogP contribution < -0.4 is 38.4 Å². The topological polar surface area (TPSA) is 353 Å². The Labute approximate surface area is 604 Å². The minimum Gasteiger partial charge on any atom is -0.444 e. The molecular formula is C77H86N18O8S. The van der Waals surface area contributed by atoms with Crippen molar-refractivity contribution in [1.29, 1.82) is 15.8 Å². The number of nitrogens with one attached hydrogen (secondary N) is 3. The highest BCUT2D eigenvalue weighted by atomic mass is 32.2. The van der Waals surface area contributed by atoms with E-state index in [-0.39, 0.29) is 68.8 Å². The van der Waals surface area contributed by atoms with E-state index < -0.39 is 22.0 Å². The van der Waals surface area contributed by atoms with Crippen LogP contribution in [0, 0.1) is 34.0 Å². The summed E-state index contributed by atoms with van der Waals surface area (Å²) in [6, 6.07) is 29.0. The SMILES string of the molecule is CC(C)(C)OC(=O)N1CCc2cc(N)ccc2C1.CC(C)(C)OC(=O)N1CCc2cc(Nc3ncc4cc(C#N)c(=O)n(C5CCCC5)c4n3)ccc2C1.CS(=O)c1ncc2cc(C#N)c(=O)n(C3CCCC3)c2n1.N#Cc1cc2cnc(Nc3ccc4c(c3)CCNC4)nc2n(C2CCCC2)c1=O. The Morgan fingerprint density at radius 2 is 0.913 bits per heavy atom. The van der Waals surface area contributed by atoms with Crippen LogP contribution >= 0.6 is 0 Å². The first-order valence-corrected chi connectivity index (χ1v) is 37.1. The Morgan fingerprint density at radius 1 is 0.529 bits per heavy atom. The van der Waals surface area contributed by atoms with E-state index in [0.717, 1.165) is 149 Å². The van der Waals surface area contributed by atoms with E-state index in [0.29, 0.717) is 65.8 Å². The van der Waals surface area contributed by atoms with Gasteiger partial charge in [-0.15, -0.1) is 0 Å². The molecule has 0 bridgehead atoms. The van der Waals surface area contributed by atoms with Crippen LogP contribution in [-0.2, 0) is 59.2 Å². The number of aromatic nitrogens is 9. The lowest BCUT2D eigenvalue weighted by Crippen LogP contribution is -2.39. The van der Waals surface area contributed by atoms with Crippen molar-refractivity contribution in [2.75, 3.05) is 42.3 Å². The third kappa shape index (κ3) is 16.9. The second-order valence-corrected chi connectivity index (χ2v) is 30.4. The van der Waals surface area contributed by atoms with Gasteiger partial charge in [0.25, 0.3) is 16.7 Å². The number of hydrogen-bond donors (Lipinski definition) is 4. The van der Waals surface area contributed by atoms with Crippen molar-refractivity contribution in [3.8, 4) is 18.2 Å². The van der Waals surface area contributed by atoms with E-state index in [9.17, 15) is 38.7 Å². The van der Waals surface area contributed by atoms with Gasteiger partial charge in [0.15, 0.2) is 0 Å². The molecule has 3 fully saturated rings. The number of carbonyl (C=O) groups excluding carboxylic acids is 2. The maximum Gasteiger partial charge on any atom is 0.410 e. The number of anilines is 5. The van der Waals surface area contributed by atoms with Crippen molar-refractivity contribution >= 4 is 85.0 Å². The van der Waals surface area contributed by atoms with Crippen LogP contribution in [0.2, 0.25) is 0 Å². The Bertz CT molecular complexity index is 5140. The summed E-state index contributed by atoms with van der Waals surface area (Å²) in [6.07, 6.45) is 20.3. The lowest BCUT2D eigenvalue weighted by Gasteiger charge is -2.31. The number of benzene rings is 3. The molecule has 3 aromatic carbocycles. The number of nitriles is 3. The summed E-state index contributed by atoms with van der Waals surface area (Å²) in [5.74, 6) is 0.853. The van der Waals surface area contributed by atoms with Crippen molar-refractivity contribution < 1.29 is 23.3 Å². The maximum atomic E-state index is 13.0. The summed E-state index contributed by atoms with van der Waals surface area (Å²) in [6.45, 7) is 15.5. The number of nitrogens with two attached hydrogens (primary N) is 1. The van der Waals surface area contributed by atoms with Gasteiger partial charge in [-0.25, -0.2) is 29.5 Å². The molecule has 3 saturated carbocycles. The Morgan fingerprint density at radius 3 is 1.33 bits per heavy atom. The molecule has 0 radical (unpaired) electrons. The summed E-state index contributed by atoms with van der Waals surface area (Å²) in [5.41, 5.74) is 15.7. The summed E-state index contributed by atoms with van der Waals surface area (Å²) >= 11 is 0. The number of nitrogen functional groups attached to an aromatic ring is 1. The number of fused-ring (bicyclic) bond motifs is 6. The summed E-state index contributed by atoms with van der Waals surface area (Å²) in [4.78, 5) is 92.9. The first kappa shape index (κ1) is 72.8. The van der Waals surface area contributed by atoms with E-state index >= 15 is 0 Å². The number of nitrogens with zero attached hydrogens (tertiary/aromatic N) is 14. The van der Waals surface area contributed by atoms with E-state index in [2.05, 4.69) is 59.1 Å². The van der Waals surface area contributed by atoms with Crippen molar-refractivity contribution in [2.45, 2.75) is 192 Å². The van der Waals surface area contributed by atoms with Gasteiger partial charge >= 0.3 is 12.2 Å². The van der Waals surface area contributed by atoms with Crippen molar-refractivity contribution in [2.24, 2.45) is 0 Å². The molecular weight excluding hydrogens is 1340 g/mol. The Hall–Kier alpha value is -11.0. The summed E-state index contributed by atoms with van der Waals surface area (Å²) < 4.78 is 27.5. The number of rotatable bonds is 8. The molecule has 15 rings (SSSR count). The third-order valence-corrected chi connectivity index (χ3v) is 20.1. The normalized spacial score (nSPS) is 16.2. The van der Waals surface area contributed by atoms with Gasteiger partial charge in [-0.3, -0.25) is 32.3 Å². The Balaban J connectivity index is 0.000000135. The molecule has 1 atom stereocenters. The number of amides is 2. The van der Waals surface area contributed by atoms with Crippen molar-refractivity contribution in [3.63, 3.8) is 0 Å². The molecule has 9 aromatic rings.